The van der Waals surface area contributed by atoms with Crippen molar-refractivity contribution in [3.05, 3.63) is 53.1 Å². The van der Waals surface area contributed by atoms with Crippen molar-refractivity contribution in [2.24, 2.45) is 4.99 Å². The van der Waals surface area contributed by atoms with E-state index in [1.54, 1.807) is 18.3 Å². The largest absolute Gasteiger partial charge is 0.507 e. The van der Waals surface area contributed by atoms with Gasteiger partial charge < -0.3 is 10.4 Å². The molecule has 0 saturated carbocycles. The first-order valence-electron chi connectivity index (χ1n) is 6.67. The highest BCUT2D eigenvalue weighted by Gasteiger charge is 2.01. The van der Waals surface area contributed by atoms with Gasteiger partial charge in [0.2, 0.25) is 5.91 Å². The third-order valence-electron chi connectivity index (χ3n) is 3.06. The topological polar surface area (TPSA) is 61.7 Å². The van der Waals surface area contributed by atoms with E-state index in [4.69, 9.17) is 0 Å². The number of carbonyl (C=O) groups excluding carboxylic acids is 1. The van der Waals surface area contributed by atoms with E-state index in [0.717, 1.165) is 28.1 Å². The normalized spacial score (nSPS) is 10.8. The molecule has 2 rings (SSSR count). The number of anilines is 1. The molecule has 0 aliphatic heterocycles. The Hall–Kier alpha value is -2.62. The van der Waals surface area contributed by atoms with E-state index in [1.165, 1.54) is 6.92 Å². The Kier molecular flexibility index (Phi) is 4.38. The van der Waals surface area contributed by atoms with Crippen molar-refractivity contribution < 1.29 is 9.90 Å². The summed E-state index contributed by atoms with van der Waals surface area (Å²) in [6.45, 7) is 5.20. The number of aromatic hydroxyl groups is 1. The lowest BCUT2D eigenvalue weighted by atomic mass is 10.1. The van der Waals surface area contributed by atoms with Crippen molar-refractivity contribution in [3.8, 4) is 5.75 Å². The predicted molar refractivity (Wildman–Crippen MR) is 85.6 cm³/mol. The van der Waals surface area contributed by atoms with Crippen LogP contribution in [0.3, 0.4) is 0 Å². The Morgan fingerprint density at radius 2 is 1.71 bits per heavy atom. The van der Waals surface area contributed by atoms with Gasteiger partial charge in [-0.2, -0.15) is 0 Å². The molecule has 0 fully saturated rings. The summed E-state index contributed by atoms with van der Waals surface area (Å²) >= 11 is 0. The second kappa shape index (κ2) is 6.22. The van der Waals surface area contributed by atoms with Gasteiger partial charge in [0.25, 0.3) is 0 Å². The maximum absolute atomic E-state index is 10.9. The van der Waals surface area contributed by atoms with Crippen molar-refractivity contribution in [1.82, 2.24) is 0 Å². The minimum Gasteiger partial charge on any atom is -0.507 e. The van der Waals surface area contributed by atoms with Gasteiger partial charge in [-0.05, 0) is 66.9 Å². The standard InChI is InChI=1S/C17H18N2O2/c1-11-8-14(9-12(2)17(11)21)10-18-15-4-6-16(7-5-15)19-13(3)20/h4-10,21H,1-3H3,(H,19,20). The summed E-state index contributed by atoms with van der Waals surface area (Å²) < 4.78 is 0. The van der Waals surface area contributed by atoms with Crippen LogP contribution in [0.15, 0.2) is 41.4 Å². The Morgan fingerprint density at radius 3 is 2.24 bits per heavy atom. The van der Waals surface area contributed by atoms with Crippen molar-refractivity contribution >= 4 is 23.5 Å². The average molecular weight is 282 g/mol. The number of hydrogen-bond acceptors (Lipinski definition) is 3. The van der Waals surface area contributed by atoms with Gasteiger partial charge in [-0.3, -0.25) is 9.79 Å². The van der Waals surface area contributed by atoms with Gasteiger partial charge in [0.15, 0.2) is 0 Å². The molecule has 0 radical (unpaired) electrons. The third kappa shape index (κ3) is 3.92. The highest BCUT2D eigenvalue weighted by molar-refractivity contribution is 5.89. The van der Waals surface area contributed by atoms with Crippen LogP contribution in [0.4, 0.5) is 11.4 Å². The lowest BCUT2D eigenvalue weighted by Crippen LogP contribution is -2.04. The molecule has 0 atom stereocenters. The molecular formula is C17H18N2O2. The molecule has 4 nitrogen and oxygen atoms in total. The monoisotopic (exact) mass is 282 g/mol. The molecule has 0 unspecified atom stereocenters. The van der Waals surface area contributed by atoms with E-state index in [9.17, 15) is 9.90 Å². The van der Waals surface area contributed by atoms with E-state index in [1.807, 2.05) is 38.1 Å². The number of benzene rings is 2. The first-order chi connectivity index (χ1) is 9.95. The molecule has 0 aliphatic rings. The summed E-state index contributed by atoms with van der Waals surface area (Å²) in [6.07, 6.45) is 1.76. The Morgan fingerprint density at radius 1 is 1.14 bits per heavy atom. The lowest BCUT2D eigenvalue weighted by Gasteiger charge is -2.04. The molecule has 0 saturated heterocycles. The Bertz CT molecular complexity index is 665. The maximum atomic E-state index is 10.9. The number of carbonyl (C=O) groups is 1. The van der Waals surface area contributed by atoms with Crippen LogP contribution >= 0.6 is 0 Å². The van der Waals surface area contributed by atoms with Gasteiger partial charge in [-0.15, -0.1) is 0 Å². The van der Waals surface area contributed by atoms with Crippen LogP contribution in [0.2, 0.25) is 0 Å². The molecule has 0 aromatic heterocycles. The zero-order valence-electron chi connectivity index (χ0n) is 12.3. The summed E-state index contributed by atoms with van der Waals surface area (Å²) in [7, 11) is 0. The van der Waals surface area contributed by atoms with Gasteiger partial charge in [-0.25, -0.2) is 0 Å². The zero-order chi connectivity index (χ0) is 15.4. The van der Waals surface area contributed by atoms with Crippen LogP contribution in [0.25, 0.3) is 0 Å². The number of aryl methyl sites for hydroxylation is 2. The Labute approximate surface area is 124 Å². The molecular weight excluding hydrogens is 264 g/mol. The van der Waals surface area contributed by atoms with E-state index < -0.39 is 0 Å². The summed E-state index contributed by atoms with van der Waals surface area (Å²) in [5, 5.41) is 12.4. The fourth-order valence-electron chi connectivity index (χ4n) is 2.05. The number of aliphatic imine (C=N–C) groups is 1. The van der Waals surface area contributed by atoms with Crippen molar-refractivity contribution in [2.75, 3.05) is 5.32 Å². The minimum absolute atomic E-state index is 0.0960. The van der Waals surface area contributed by atoms with Crippen LogP contribution < -0.4 is 5.32 Å². The van der Waals surface area contributed by atoms with Crippen molar-refractivity contribution in [1.29, 1.82) is 0 Å². The summed E-state index contributed by atoms with van der Waals surface area (Å²) in [5.74, 6) is 0.230. The SMILES string of the molecule is CC(=O)Nc1ccc(N=Cc2cc(C)c(O)c(C)c2)cc1. The number of nitrogens with one attached hydrogen (secondary N) is 1. The lowest BCUT2D eigenvalue weighted by molar-refractivity contribution is -0.114. The number of hydrogen-bond donors (Lipinski definition) is 2. The minimum atomic E-state index is -0.0960. The number of nitrogens with zero attached hydrogens (tertiary/aromatic N) is 1. The second-order valence-electron chi connectivity index (χ2n) is 4.99. The first kappa shape index (κ1) is 14.8. The predicted octanol–water partition coefficient (Wildman–Crippen LogP) is 3.72. The number of phenols is 1. The summed E-state index contributed by atoms with van der Waals surface area (Å²) in [4.78, 5) is 15.3. The second-order valence-corrected chi connectivity index (χ2v) is 4.99. The first-order valence-corrected chi connectivity index (χ1v) is 6.67. The smallest absolute Gasteiger partial charge is 0.221 e. The molecule has 2 N–H and O–H groups in total. The fraction of sp³-hybridized carbons (Fsp3) is 0.176. The van der Waals surface area contributed by atoms with E-state index in [0.29, 0.717) is 5.75 Å². The van der Waals surface area contributed by atoms with Crippen LogP contribution in [0.1, 0.15) is 23.6 Å². The molecule has 2 aromatic carbocycles. The van der Waals surface area contributed by atoms with Crippen LogP contribution in [0.5, 0.6) is 5.75 Å². The maximum Gasteiger partial charge on any atom is 0.221 e. The van der Waals surface area contributed by atoms with Crippen molar-refractivity contribution in [2.45, 2.75) is 20.8 Å². The van der Waals surface area contributed by atoms with Crippen LogP contribution in [-0.4, -0.2) is 17.2 Å². The van der Waals surface area contributed by atoms with Gasteiger partial charge in [-0.1, -0.05) is 0 Å². The molecule has 21 heavy (non-hydrogen) atoms. The number of phenolic OH excluding ortho intramolecular Hbond substituents is 1. The molecule has 4 heteroatoms. The molecule has 108 valence electrons. The van der Waals surface area contributed by atoms with Gasteiger partial charge in [0, 0.05) is 18.8 Å². The molecule has 0 bridgehead atoms. The third-order valence-corrected chi connectivity index (χ3v) is 3.06. The zero-order valence-corrected chi connectivity index (χ0v) is 12.3. The van der Waals surface area contributed by atoms with Gasteiger partial charge in [0.05, 0.1) is 5.69 Å². The fourth-order valence-corrected chi connectivity index (χ4v) is 2.05. The molecule has 0 aliphatic carbocycles. The van der Waals surface area contributed by atoms with Gasteiger partial charge in [0.1, 0.15) is 5.75 Å². The van der Waals surface area contributed by atoms with E-state index >= 15 is 0 Å². The van der Waals surface area contributed by atoms with Gasteiger partial charge >= 0.3 is 0 Å². The highest BCUT2D eigenvalue weighted by Crippen LogP contribution is 2.23. The quantitative estimate of drug-likeness (QED) is 0.843. The molecule has 1 amide bonds. The number of amides is 1. The molecule has 0 spiro atoms. The average Bonchev–Trinajstić information content (AvgIpc) is 2.43. The number of rotatable bonds is 3. The molecule has 0 heterocycles. The highest BCUT2D eigenvalue weighted by atomic mass is 16.3. The Balaban J connectivity index is 2.16. The summed E-state index contributed by atoms with van der Waals surface area (Å²) in [5.41, 5.74) is 4.15. The van der Waals surface area contributed by atoms with E-state index in [-0.39, 0.29) is 5.91 Å². The van der Waals surface area contributed by atoms with Crippen LogP contribution in [-0.2, 0) is 4.79 Å². The van der Waals surface area contributed by atoms with Crippen molar-refractivity contribution in [3.63, 3.8) is 0 Å². The van der Waals surface area contributed by atoms with Crippen LogP contribution in [0, 0.1) is 13.8 Å². The molecule has 2 aromatic rings. The summed E-state index contributed by atoms with van der Waals surface area (Å²) in [6, 6.07) is 11.1. The van der Waals surface area contributed by atoms with E-state index in [2.05, 4.69) is 10.3 Å².